The Labute approximate surface area is 300 Å². The van der Waals surface area contributed by atoms with Gasteiger partial charge in [-0.05, 0) is 111 Å². The Hall–Kier alpha value is -0.850. The molecule has 4 N–H and O–H groups in total. The molecule has 50 heavy (non-hydrogen) atoms. The lowest BCUT2D eigenvalue weighted by Crippen LogP contribution is -2.61. The number of carbonyl (C=O) groups excluding carboxylic acids is 1. The first-order valence-corrected chi connectivity index (χ1v) is 19.9. The van der Waals surface area contributed by atoms with Crippen molar-refractivity contribution in [2.75, 3.05) is 32.9 Å². The lowest BCUT2D eigenvalue weighted by Gasteiger charge is -2.61. The Balaban J connectivity index is 1.20. The smallest absolute Gasteiger partial charge is 0.303 e. The summed E-state index contributed by atoms with van der Waals surface area (Å²) in [6.45, 7) is 17.9. The van der Waals surface area contributed by atoms with E-state index in [1.165, 1.54) is 19.8 Å². The Kier molecular flexibility index (Phi) is 11.0. The molecule has 0 radical (unpaired) electrons. The maximum Gasteiger partial charge on any atom is 0.303 e. The first-order valence-electron chi connectivity index (χ1n) is 19.9. The van der Waals surface area contributed by atoms with Gasteiger partial charge in [-0.1, -0.05) is 47.5 Å². The van der Waals surface area contributed by atoms with E-state index in [1.54, 1.807) is 13.8 Å². The molecule has 0 aromatic rings. The van der Waals surface area contributed by atoms with Gasteiger partial charge in [-0.3, -0.25) is 9.69 Å². The molecule has 0 aromatic heterocycles. The van der Waals surface area contributed by atoms with Gasteiger partial charge in [0.05, 0.1) is 62.4 Å². The predicted molar refractivity (Wildman–Crippen MR) is 189 cm³/mol. The van der Waals surface area contributed by atoms with Gasteiger partial charge in [-0.15, -0.1) is 0 Å². The molecule has 2 heterocycles. The number of ether oxygens (including phenoxy) is 4. The number of aliphatic hydroxyl groups excluding tert-OH is 3. The van der Waals surface area contributed by atoms with Crippen LogP contribution in [0.3, 0.4) is 0 Å². The Morgan fingerprint density at radius 1 is 1.04 bits per heavy atom. The van der Waals surface area contributed by atoms with E-state index in [4.69, 9.17) is 18.9 Å². The normalized spacial score (nSPS) is 44.4. The van der Waals surface area contributed by atoms with E-state index < -0.39 is 36.0 Å². The number of hydrogen-bond donors (Lipinski definition) is 4. The summed E-state index contributed by atoms with van der Waals surface area (Å²) in [6.07, 6.45) is 7.75. The van der Waals surface area contributed by atoms with Crippen molar-refractivity contribution in [3.05, 3.63) is 0 Å². The van der Waals surface area contributed by atoms with E-state index in [9.17, 15) is 25.2 Å². The average molecular weight is 708 g/mol. The molecule has 10 heteroatoms. The Bertz CT molecular complexity index is 1200. The molecule has 6 rings (SSSR count). The molecular weight excluding hydrogens is 638 g/mol. The topological polar surface area (TPSA) is 138 Å². The van der Waals surface area contributed by atoms with Crippen LogP contribution in [0.2, 0.25) is 0 Å². The van der Waals surface area contributed by atoms with Gasteiger partial charge in [0.25, 0.3) is 0 Å². The summed E-state index contributed by atoms with van der Waals surface area (Å²) in [5.74, 6) is 0.921. The first kappa shape index (κ1) is 38.9. The molecule has 4 aliphatic carbocycles. The van der Waals surface area contributed by atoms with Crippen LogP contribution in [0.15, 0.2) is 0 Å². The molecule has 2 aliphatic heterocycles. The van der Waals surface area contributed by atoms with E-state index in [0.717, 1.165) is 44.9 Å². The van der Waals surface area contributed by atoms with Crippen molar-refractivity contribution in [3.63, 3.8) is 0 Å². The summed E-state index contributed by atoms with van der Waals surface area (Å²) in [4.78, 5) is 14.2. The number of morpholine rings is 1. The number of hydrogen-bond acceptors (Lipinski definition) is 10. The fourth-order valence-corrected chi connectivity index (χ4v) is 13.1. The van der Waals surface area contributed by atoms with Gasteiger partial charge in [-0.2, -0.15) is 0 Å². The molecule has 0 amide bonds. The van der Waals surface area contributed by atoms with Crippen LogP contribution in [-0.2, 0) is 23.7 Å². The zero-order valence-corrected chi connectivity index (χ0v) is 32.2. The van der Waals surface area contributed by atoms with Crippen LogP contribution in [0.25, 0.3) is 0 Å². The van der Waals surface area contributed by atoms with Crippen molar-refractivity contribution in [1.29, 1.82) is 0 Å². The molecule has 2 spiro atoms. The standard InChI is InChI=1S/C40H69NO9/c1-9-27-24(2)19-28(35(37(6,7)46)48-25(3)44)49-33(27)34(45)38(8)14-10-15-39-23-40(39)16-13-31(36(4,5)29(40)11-12-30(38)39)50-32-20-41(17-18-47-32)26(21-42)22-43/h24,26-35,42-43,45-46H,9-23H2,1-8H3. The summed E-state index contributed by atoms with van der Waals surface area (Å²) >= 11 is 0. The van der Waals surface area contributed by atoms with Gasteiger partial charge in [-0.25, -0.2) is 0 Å². The molecule has 13 atom stereocenters. The third-order valence-electron chi connectivity index (χ3n) is 15.5. The molecule has 0 aromatic carbocycles. The van der Waals surface area contributed by atoms with Crippen LogP contribution < -0.4 is 0 Å². The highest BCUT2D eigenvalue weighted by Gasteiger charge is 2.80. The molecular formula is C40H69NO9. The average Bonchev–Trinajstić information content (AvgIpc) is 3.71. The van der Waals surface area contributed by atoms with Crippen molar-refractivity contribution in [1.82, 2.24) is 4.90 Å². The second-order valence-electron chi connectivity index (χ2n) is 18.9. The molecule has 4 saturated carbocycles. The van der Waals surface area contributed by atoms with Crippen LogP contribution in [-0.4, -0.2) is 113 Å². The zero-order chi connectivity index (χ0) is 36.4. The number of esters is 1. The second kappa shape index (κ2) is 14.1. The van der Waals surface area contributed by atoms with Gasteiger partial charge in [0, 0.05) is 13.5 Å². The van der Waals surface area contributed by atoms with Crippen molar-refractivity contribution in [2.24, 2.45) is 45.3 Å². The van der Waals surface area contributed by atoms with Gasteiger partial charge < -0.3 is 39.4 Å². The highest BCUT2D eigenvalue weighted by molar-refractivity contribution is 5.66. The Morgan fingerprint density at radius 3 is 2.36 bits per heavy atom. The van der Waals surface area contributed by atoms with Gasteiger partial charge in [0.15, 0.2) is 12.4 Å². The van der Waals surface area contributed by atoms with E-state index in [2.05, 4.69) is 39.5 Å². The lowest BCUT2D eigenvalue weighted by atomic mass is 9.45. The Morgan fingerprint density at radius 2 is 1.72 bits per heavy atom. The lowest BCUT2D eigenvalue weighted by molar-refractivity contribution is -0.255. The molecule has 6 fully saturated rings. The number of rotatable bonds is 11. The highest BCUT2D eigenvalue weighted by atomic mass is 16.7. The summed E-state index contributed by atoms with van der Waals surface area (Å²) in [6, 6.07) is -0.289. The molecule has 0 bridgehead atoms. The first-order chi connectivity index (χ1) is 23.5. The maximum absolute atomic E-state index is 12.7. The second-order valence-corrected chi connectivity index (χ2v) is 18.9. The van der Waals surface area contributed by atoms with E-state index in [-0.39, 0.29) is 65.1 Å². The SMILES string of the molecule is CCC1C(C)CC(C(OC(C)=O)C(C)(C)O)OC1C(O)C1(C)CCCC23CC24CCC(OC2CN(C(CO)CO)CCO2)C(C)(C)C4CCC13. The summed E-state index contributed by atoms with van der Waals surface area (Å²) in [5.41, 5.74) is -1.14. The number of carbonyl (C=O) groups is 1. The van der Waals surface area contributed by atoms with E-state index in [1.807, 2.05) is 0 Å². The summed E-state index contributed by atoms with van der Waals surface area (Å²) in [7, 11) is 0. The van der Waals surface area contributed by atoms with Crippen LogP contribution in [0.5, 0.6) is 0 Å². The largest absolute Gasteiger partial charge is 0.457 e. The predicted octanol–water partition coefficient (Wildman–Crippen LogP) is 4.68. The molecule has 288 valence electrons. The fraction of sp³-hybridized carbons (Fsp3) is 0.975. The van der Waals surface area contributed by atoms with E-state index >= 15 is 0 Å². The number of nitrogens with zero attached hydrogens (tertiary/aromatic N) is 1. The quantitative estimate of drug-likeness (QED) is 0.224. The van der Waals surface area contributed by atoms with Crippen molar-refractivity contribution < 1.29 is 44.2 Å². The molecule has 10 nitrogen and oxygen atoms in total. The molecule has 2 saturated heterocycles. The zero-order valence-electron chi connectivity index (χ0n) is 32.2. The minimum Gasteiger partial charge on any atom is -0.457 e. The van der Waals surface area contributed by atoms with E-state index in [0.29, 0.717) is 38.0 Å². The minimum absolute atomic E-state index is 0.0383. The monoisotopic (exact) mass is 707 g/mol. The van der Waals surface area contributed by atoms with Crippen molar-refractivity contribution >= 4 is 5.97 Å². The maximum atomic E-state index is 12.7. The molecule has 6 aliphatic rings. The minimum atomic E-state index is -1.28. The highest BCUT2D eigenvalue weighted by Crippen LogP contribution is 2.86. The van der Waals surface area contributed by atoms with Gasteiger partial charge in [0.1, 0.15) is 0 Å². The summed E-state index contributed by atoms with van der Waals surface area (Å²) in [5, 5.41) is 43.3. The van der Waals surface area contributed by atoms with Crippen LogP contribution in [0.4, 0.5) is 0 Å². The van der Waals surface area contributed by atoms with Gasteiger partial charge in [0.2, 0.25) is 0 Å². The van der Waals surface area contributed by atoms with Gasteiger partial charge >= 0.3 is 5.97 Å². The molecule has 13 unspecified atom stereocenters. The van der Waals surface area contributed by atoms with Crippen molar-refractivity contribution in [2.45, 2.75) is 168 Å². The number of aliphatic hydroxyl groups is 4. The third kappa shape index (κ3) is 6.41. The van der Waals surface area contributed by atoms with Crippen LogP contribution in [0.1, 0.15) is 120 Å². The third-order valence-corrected chi connectivity index (χ3v) is 15.5. The van der Waals surface area contributed by atoms with Crippen LogP contribution >= 0.6 is 0 Å². The van der Waals surface area contributed by atoms with Crippen LogP contribution in [0, 0.1) is 45.3 Å². The fourth-order valence-electron chi connectivity index (χ4n) is 13.1. The summed E-state index contributed by atoms with van der Waals surface area (Å²) < 4.78 is 25.5. The van der Waals surface area contributed by atoms with Crippen molar-refractivity contribution in [3.8, 4) is 0 Å².